The van der Waals surface area contributed by atoms with E-state index in [0.29, 0.717) is 40.3 Å². The molecule has 0 spiro atoms. The number of amides is 1. The number of rotatable bonds is 6. The number of aromatic amines is 1. The first kappa shape index (κ1) is 24.0. The molecule has 1 fully saturated rings. The van der Waals surface area contributed by atoms with Crippen LogP contribution >= 0.6 is 34.5 Å². The van der Waals surface area contributed by atoms with E-state index in [1.807, 2.05) is 4.90 Å². The number of halogens is 2. The van der Waals surface area contributed by atoms with Crippen LogP contribution in [0.5, 0.6) is 0 Å². The lowest BCUT2D eigenvalue weighted by molar-refractivity contribution is 0.0702. The minimum Gasteiger partial charge on any atom is -0.477 e. The van der Waals surface area contributed by atoms with Gasteiger partial charge in [-0.05, 0) is 13.3 Å². The standard InChI is InChI=1S/C19H20Cl2N8O4S/c1-8-11(20)12(21)13(24-8)17(30)25-9-4-5-29(6-10(9)27-33-3)19-26-14(15(34-19)18(31)32)16-22-7-23-28(16)2/h7,9,24H,4-6H2,1-3H3,(H,25,30)(H,31,32)/b27-10+. The first-order valence-electron chi connectivity index (χ1n) is 9.99. The summed E-state index contributed by atoms with van der Waals surface area (Å²) in [4.78, 5) is 43.1. The van der Waals surface area contributed by atoms with Gasteiger partial charge in [-0.2, -0.15) is 5.10 Å². The number of anilines is 1. The predicted octanol–water partition coefficient (Wildman–Crippen LogP) is 2.59. The summed E-state index contributed by atoms with van der Waals surface area (Å²) in [6.45, 7) is 2.47. The lowest BCUT2D eigenvalue weighted by Crippen LogP contribution is -2.52. The molecule has 34 heavy (non-hydrogen) atoms. The molecule has 1 saturated heterocycles. The van der Waals surface area contributed by atoms with Gasteiger partial charge < -0.3 is 25.1 Å². The van der Waals surface area contributed by atoms with Crippen LogP contribution in [0, 0.1) is 6.92 Å². The molecule has 15 heteroatoms. The Hall–Kier alpha value is -3.16. The predicted molar refractivity (Wildman–Crippen MR) is 127 cm³/mol. The highest BCUT2D eigenvalue weighted by Gasteiger charge is 2.32. The van der Waals surface area contributed by atoms with Crippen molar-refractivity contribution in [3.8, 4) is 11.5 Å². The van der Waals surface area contributed by atoms with Crippen LogP contribution in [0.3, 0.4) is 0 Å². The van der Waals surface area contributed by atoms with Gasteiger partial charge in [0, 0.05) is 19.3 Å². The molecule has 0 bridgehead atoms. The largest absolute Gasteiger partial charge is 0.477 e. The number of hydrogen-bond donors (Lipinski definition) is 3. The number of piperidine rings is 1. The van der Waals surface area contributed by atoms with Crippen LogP contribution in [0.15, 0.2) is 11.5 Å². The van der Waals surface area contributed by atoms with Gasteiger partial charge in [-0.1, -0.05) is 39.7 Å². The highest BCUT2D eigenvalue weighted by Crippen LogP contribution is 2.33. The van der Waals surface area contributed by atoms with Crippen molar-refractivity contribution in [3.63, 3.8) is 0 Å². The second-order valence-electron chi connectivity index (χ2n) is 7.44. The fraction of sp³-hybridized carbons (Fsp3) is 0.368. The third-order valence-corrected chi connectivity index (χ3v) is 7.29. The summed E-state index contributed by atoms with van der Waals surface area (Å²) in [5.74, 6) is -1.18. The maximum absolute atomic E-state index is 12.8. The smallest absolute Gasteiger partial charge is 0.348 e. The number of carbonyl (C=O) groups excluding carboxylic acids is 1. The van der Waals surface area contributed by atoms with Crippen molar-refractivity contribution < 1.29 is 19.5 Å². The number of nitrogens with one attached hydrogen (secondary N) is 2. The quantitative estimate of drug-likeness (QED) is 0.414. The van der Waals surface area contributed by atoms with E-state index < -0.39 is 17.9 Å². The molecule has 0 aliphatic carbocycles. The van der Waals surface area contributed by atoms with Crippen LogP contribution in [0.25, 0.3) is 11.5 Å². The average Bonchev–Trinajstić information content (AvgIpc) is 3.49. The van der Waals surface area contributed by atoms with E-state index in [1.165, 1.54) is 18.1 Å². The van der Waals surface area contributed by atoms with Gasteiger partial charge in [-0.25, -0.2) is 19.4 Å². The van der Waals surface area contributed by atoms with Gasteiger partial charge in [-0.3, -0.25) is 4.79 Å². The van der Waals surface area contributed by atoms with Crippen molar-refractivity contribution in [1.82, 2.24) is 30.0 Å². The number of hydrogen-bond acceptors (Lipinski definition) is 9. The summed E-state index contributed by atoms with van der Waals surface area (Å²) in [6, 6.07) is -0.431. The van der Waals surface area contributed by atoms with Crippen LogP contribution in [0.1, 0.15) is 32.3 Å². The SMILES string of the molecule is CO/N=C1\CN(c2nc(-c3ncnn3C)c(C(=O)O)s2)CCC1NC(=O)c1[nH]c(C)c(Cl)c1Cl. The Morgan fingerprint density at radius 2 is 2.15 bits per heavy atom. The first-order chi connectivity index (χ1) is 16.2. The molecule has 4 heterocycles. The van der Waals surface area contributed by atoms with E-state index in [1.54, 1.807) is 14.0 Å². The summed E-state index contributed by atoms with van der Waals surface area (Å²) in [5.41, 5.74) is 1.54. The van der Waals surface area contributed by atoms with E-state index in [9.17, 15) is 14.7 Å². The number of nitrogens with zero attached hydrogens (tertiary/aromatic N) is 6. The second kappa shape index (κ2) is 9.60. The molecule has 1 amide bonds. The molecule has 0 aromatic carbocycles. The number of H-pyrrole nitrogens is 1. The number of carboxylic acids is 1. The van der Waals surface area contributed by atoms with Crippen LogP contribution in [0.2, 0.25) is 10.0 Å². The molecule has 1 aliphatic heterocycles. The zero-order valence-corrected chi connectivity index (χ0v) is 20.6. The number of aromatic carboxylic acids is 1. The molecule has 3 N–H and O–H groups in total. The van der Waals surface area contributed by atoms with Crippen molar-refractivity contribution in [2.45, 2.75) is 19.4 Å². The Bertz CT molecular complexity index is 1280. The van der Waals surface area contributed by atoms with Gasteiger partial charge in [0.05, 0.1) is 28.3 Å². The van der Waals surface area contributed by atoms with Crippen molar-refractivity contribution in [3.05, 3.63) is 32.6 Å². The Balaban J connectivity index is 1.56. The third-order valence-electron chi connectivity index (χ3n) is 5.24. The zero-order valence-electron chi connectivity index (χ0n) is 18.3. The fourth-order valence-electron chi connectivity index (χ4n) is 3.57. The Morgan fingerprint density at radius 1 is 1.38 bits per heavy atom. The molecule has 12 nitrogen and oxygen atoms in total. The van der Waals surface area contributed by atoms with Gasteiger partial charge in [-0.15, -0.1) is 0 Å². The molecule has 3 aromatic heterocycles. The highest BCUT2D eigenvalue weighted by atomic mass is 35.5. The van der Waals surface area contributed by atoms with E-state index in [4.69, 9.17) is 28.0 Å². The van der Waals surface area contributed by atoms with Gasteiger partial charge in [0.2, 0.25) is 0 Å². The van der Waals surface area contributed by atoms with Crippen LogP contribution in [-0.2, 0) is 11.9 Å². The summed E-state index contributed by atoms with van der Waals surface area (Å²) in [6.07, 6.45) is 1.81. The monoisotopic (exact) mass is 526 g/mol. The number of aromatic nitrogens is 5. The maximum Gasteiger partial charge on any atom is 0.348 e. The van der Waals surface area contributed by atoms with Gasteiger partial charge in [0.15, 0.2) is 11.0 Å². The third kappa shape index (κ3) is 4.45. The zero-order chi connectivity index (χ0) is 24.6. The van der Waals surface area contributed by atoms with Crippen molar-refractivity contribution in [1.29, 1.82) is 0 Å². The normalized spacial score (nSPS) is 17.3. The Labute approximate surface area is 207 Å². The summed E-state index contributed by atoms with van der Waals surface area (Å²) in [7, 11) is 3.07. The molecule has 1 aliphatic rings. The fourth-order valence-corrected chi connectivity index (χ4v) is 4.92. The lowest BCUT2D eigenvalue weighted by atomic mass is 10.0. The van der Waals surface area contributed by atoms with Gasteiger partial charge in [0.25, 0.3) is 5.91 Å². The molecule has 180 valence electrons. The average molecular weight is 527 g/mol. The number of thiazole rings is 1. The van der Waals surface area contributed by atoms with E-state index >= 15 is 0 Å². The number of carboxylic acid groups (broad SMARTS) is 1. The molecular formula is C19H20Cl2N8O4S. The topological polar surface area (TPSA) is 151 Å². The first-order valence-corrected chi connectivity index (χ1v) is 11.6. The van der Waals surface area contributed by atoms with Crippen molar-refractivity contribution >= 4 is 57.3 Å². The molecule has 0 saturated carbocycles. The van der Waals surface area contributed by atoms with E-state index in [2.05, 4.69) is 30.5 Å². The molecule has 1 atom stereocenters. The summed E-state index contributed by atoms with van der Waals surface area (Å²) in [5, 5.41) is 21.6. The van der Waals surface area contributed by atoms with Crippen molar-refractivity contribution in [2.24, 2.45) is 12.2 Å². The number of oxime groups is 1. The minimum absolute atomic E-state index is 0.0559. The number of aryl methyl sites for hydroxylation is 2. The highest BCUT2D eigenvalue weighted by molar-refractivity contribution is 7.17. The molecular weight excluding hydrogens is 507 g/mol. The van der Waals surface area contributed by atoms with Gasteiger partial charge >= 0.3 is 5.97 Å². The molecule has 0 radical (unpaired) electrons. The van der Waals surface area contributed by atoms with Crippen LogP contribution in [-0.4, -0.2) is 73.7 Å². The molecule has 1 unspecified atom stereocenters. The summed E-state index contributed by atoms with van der Waals surface area (Å²) >= 11 is 13.3. The van der Waals surface area contributed by atoms with Crippen LogP contribution < -0.4 is 10.2 Å². The molecule has 4 rings (SSSR count). The van der Waals surface area contributed by atoms with E-state index in [0.717, 1.165) is 11.3 Å². The molecule has 3 aromatic rings. The minimum atomic E-state index is -1.11. The maximum atomic E-state index is 12.8. The Kier molecular flexibility index (Phi) is 6.77. The van der Waals surface area contributed by atoms with Gasteiger partial charge in [0.1, 0.15) is 29.7 Å². The lowest BCUT2D eigenvalue weighted by Gasteiger charge is -2.32. The second-order valence-corrected chi connectivity index (χ2v) is 9.17. The Morgan fingerprint density at radius 3 is 2.74 bits per heavy atom. The number of carbonyl (C=O) groups is 2. The van der Waals surface area contributed by atoms with E-state index in [-0.39, 0.29) is 27.8 Å². The summed E-state index contributed by atoms with van der Waals surface area (Å²) < 4.78 is 1.46. The van der Waals surface area contributed by atoms with Crippen molar-refractivity contribution in [2.75, 3.05) is 25.1 Å². The van der Waals surface area contributed by atoms with Crippen LogP contribution in [0.4, 0.5) is 5.13 Å².